The number of hydrogen-bond acceptors (Lipinski definition) is 8. The first-order valence-electron chi connectivity index (χ1n) is 7.63. The maximum absolute atomic E-state index is 10.7. The molecule has 0 bridgehead atoms. The number of aromatic amines is 1. The molecule has 0 amide bonds. The van der Waals surface area contributed by atoms with Gasteiger partial charge in [0.05, 0.1) is 12.7 Å². The summed E-state index contributed by atoms with van der Waals surface area (Å²) in [6.45, 7) is 0.207. The fraction of sp³-hybridized carbons (Fsp3) is 0.400. The van der Waals surface area contributed by atoms with Gasteiger partial charge in [-0.25, -0.2) is 0 Å². The van der Waals surface area contributed by atoms with Crippen LogP contribution in [0.5, 0.6) is 0 Å². The minimum atomic E-state index is -4.93. The van der Waals surface area contributed by atoms with Crippen LogP contribution in [0.4, 0.5) is 0 Å². The van der Waals surface area contributed by atoms with E-state index in [2.05, 4.69) is 14.4 Å². The molecule has 11 heteroatoms. The number of fused-ring (bicyclic) bond motifs is 1. The zero-order valence-electron chi connectivity index (χ0n) is 14.1. The Kier molecular flexibility index (Phi) is 8.60. The topological polar surface area (TPSA) is 124 Å². The SMILES string of the molecule is O=S(=O)([O-])O/N=C(/Cc1c[nH]c2ccccc12)S[C@H]1CC[C@H](O)CO1.[K+]. The molecule has 0 spiro atoms. The van der Waals surface area contributed by atoms with Gasteiger partial charge < -0.3 is 19.4 Å². The maximum Gasteiger partial charge on any atom is 1.00 e. The van der Waals surface area contributed by atoms with Crippen LogP contribution >= 0.6 is 11.8 Å². The molecule has 0 unspecified atom stereocenters. The molecule has 136 valence electrons. The number of aliphatic hydroxyl groups is 1. The van der Waals surface area contributed by atoms with Gasteiger partial charge in [-0.1, -0.05) is 35.1 Å². The summed E-state index contributed by atoms with van der Waals surface area (Å²) in [4.78, 5) is 3.13. The first-order valence-corrected chi connectivity index (χ1v) is 9.84. The average molecular weight is 425 g/mol. The van der Waals surface area contributed by atoms with E-state index < -0.39 is 16.5 Å². The molecule has 1 aromatic carbocycles. The average Bonchev–Trinajstić information content (AvgIpc) is 2.97. The molecule has 1 aliphatic heterocycles. The van der Waals surface area contributed by atoms with Crippen LogP contribution in [0.15, 0.2) is 35.6 Å². The number of hydrogen-bond donors (Lipinski definition) is 2. The quantitative estimate of drug-likeness (QED) is 0.153. The van der Waals surface area contributed by atoms with Crippen molar-refractivity contribution < 1.29 is 78.5 Å². The molecule has 1 aliphatic rings. The number of aliphatic hydroxyl groups excluding tert-OH is 1. The van der Waals surface area contributed by atoms with Crippen molar-refractivity contribution >= 4 is 38.1 Å². The van der Waals surface area contributed by atoms with Crippen LogP contribution in [0.25, 0.3) is 10.9 Å². The minimum absolute atomic E-state index is 0. The minimum Gasteiger partial charge on any atom is -0.714 e. The summed E-state index contributed by atoms with van der Waals surface area (Å²) in [7, 11) is -4.93. The fourth-order valence-corrected chi connectivity index (χ4v) is 3.83. The normalized spacial score (nSPS) is 21.4. The van der Waals surface area contributed by atoms with Gasteiger partial charge in [-0.15, -0.1) is 0 Å². The number of nitrogens with one attached hydrogen (secondary N) is 1. The Bertz CT molecular complexity index is 862. The first-order chi connectivity index (χ1) is 11.9. The number of benzene rings is 1. The van der Waals surface area contributed by atoms with Crippen molar-refractivity contribution in [3.05, 3.63) is 36.0 Å². The van der Waals surface area contributed by atoms with Crippen LogP contribution in [0, 0.1) is 0 Å². The van der Waals surface area contributed by atoms with E-state index in [1.165, 1.54) is 11.8 Å². The number of thioether (sulfide) groups is 1. The van der Waals surface area contributed by atoms with E-state index in [4.69, 9.17) is 4.74 Å². The van der Waals surface area contributed by atoms with Crippen LogP contribution in [0.1, 0.15) is 18.4 Å². The van der Waals surface area contributed by atoms with Crippen LogP contribution in [0.2, 0.25) is 0 Å². The van der Waals surface area contributed by atoms with Crippen LogP contribution in [0.3, 0.4) is 0 Å². The summed E-state index contributed by atoms with van der Waals surface area (Å²) in [6.07, 6.45) is 2.76. The number of ether oxygens (including phenoxy) is 1. The molecule has 0 saturated carbocycles. The van der Waals surface area contributed by atoms with Gasteiger partial charge in [0.1, 0.15) is 10.5 Å². The standard InChI is InChI=1S/C15H18N2O6S2.K/c18-11-5-6-15(22-9-11)24-14(17-23-25(19,20)21)7-10-8-16-13-4-2-1-3-12(10)13;/h1-4,8,11,15-16,18H,5-7,9H2,(H,19,20,21);/q;+1/p-1/b17-14-;/t11-,15-;/m0./s1. The predicted molar refractivity (Wildman–Crippen MR) is 92.8 cm³/mol. The van der Waals surface area contributed by atoms with Gasteiger partial charge in [-0.2, -0.15) is 8.42 Å². The number of aromatic nitrogens is 1. The molecule has 8 nitrogen and oxygen atoms in total. The Labute approximate surface area is 198 Å². The van der Waals surface area contributed by atoms with Crippen molar-refractivity contribution in [1.82, 2.24) is 4.98 Å². The third kappa shape index (κ3) is 6.58. The molecule has 2 atom stereocenters. The predicted octanol–water partition coefficient (Wildman–Crippen LogP) is -1.26. The largest absolute Gasteiger partial charge is 1.00 e. The van der Waals surface area contributed by atoms with Gasteiger partial charge in [0.15, 0.2) is 0 Å². The van der Waals surface area contributed by atoms with E-state index in [1.807, 2.05) is 24.3 Å². The molecule has 2 aromatic rings. The molecule has 1 aromatic heterocycles. The monoisotopic (exact) mass is 424 g/mol. The Balaban J connectivity index is 0.00000243. The van der Waals surface area contributed by atoms with Crippen LogP contribution in [-0.2, 0) is 25.8 Å². The van der Waals surface area contributed by atoms with Crippen LogP contribution in [-0.4, -0.2) is 46.3 Å². The Morgan fingerprint density at radius 3 is 2.88 bits per heavy atom. The van der Waals surface area contributed by atoms with Gasteiger partial charge in [0.2, 0.25) is 0 Å². The van der Waals surface area contributed by atoms with Gasteiger partial charge in [0.25, 0.3) is 10.4 Å². The first kappa shape index (κ1) is 22.3. The summed E-state index contributed by atoms with van der Waals surface area (Å²) in [5.74, 6) is 0. The molecule has 2 heterocycles. The summed E-state index contributed by atoms with van der Waals surface area (Å²) in [5, 5.41) is 14.3. The second-order valence-corrected chi connectivity index (χ2v) is 7.81. The summed E-state index contributed by atoms with van der Waals surface area (Å²) in [6, 6.07) is 7.66. The van der Waals surface area contributed by atoms with Crippen molar-refractivity contribution in [3.8, 4) is 0 Å². The molecule has 0 radical (unpaired) electrons. The number of para-hydroxylation sites is 1. The molecule has 1 saturated heterocycles. The molecular weight excluding hydrogens is 407 g/mol. The number of nitrogens with zero attached hydrogens (tertiary/aromatic N) is 1. The van der Waals surface area contributed by atoms with E-state index in [0.29, 0.717) is 17.9 Å². The van der Waals surface area contributed by atoms with E-state index in [9.17, 15) is 18.1 Å². The van der Waals surface area contributed by atoms with Crippen LogP contribution < -0.4 is 51.4 Å². The van der Waals surface area contributed by atoms with E-state index in [0.717, 1.165) is 16.5 Å². The van der Waals surface area contributed by atoms with Crippen molar-refractivity contribution in [2.45, 2.75) is 30.8 Å². The van der Waals surface area contributed by atoms with E-state index in [-0.39, 0.29) is 69.8 Å². The Morgan fingerprint density at radius 1 is 1.42 bits per heavy atom. The van der Waals surface area contributed by atoms with Crippen molar-refractivity contribution in [2.24, 2.45) is 5.16 Å². The zero-order chi connectivity index (χ0) is 17.9. The number of H-pyrrole nitrogens is 1. The summed E-state index contributed by atoms with van der Waals surface area (Å²) in [5.41, 5.74) is 1.55. The second-order valence-electron chi connectivity index (χ2n) is 5.62. The van der Waals surface area contributed by atoms with Gasteiger partial charge >= 0.3 is 51.4 Å². The smallest absolute Gasteiger partial charge is 0.714 e. The number of rotatable bonds is 5. The van der Waals surface area contributed by atoms with E-state index in [1.54, 1.807) is 6.20 Å². The third-order valence-electron chi connectivity index (χ3n) is 3.72. The second kappa shape index (κ2) is 10.0. The molecule has 26 heavy (non-hydrogen) atoms. The Hall–Kier alpha value is 0.0464. The van der Waals surface area contributed by atoms with E-state index >= 15 is 0 Å². The summed E-state index contributed by atoms with van der Waals surface area (Å²) < 4.78 is 41.7. The Morgan fingerprint density at radius 2 is 2.19 bits per heavy atom. The third-order valence-corrected chi connectivity index (χ3v) is 5.11. The number of oxime groups is 1. The zero-order valence-corrected chi connectivity index (χ0v) is 18.9. The van der Waals surface area contributed by atoms with Crippen molar-refractivity contribution in [2.75, 3.05) is 6.61 Å². The maximum atomic E-state index is 10.7. The molecule has 0 aliphatic carbocycles. The molecular formula is C15H17KN2O6S2. The molecule has 3 rings (SSSR count). The molecule has 1 fully saturated rings. The van der Waals surface area contributed by atoms with Gasteiger partial charge in [0, 0.05) is 23.5 Å². The summed E-state index contributed by atoms with van der Waals surface area (Å²) >= 11 is 1.19. The van der Waals surface area contributed by atoms with Crippen molar-refractivity contribution in [1.29, 1.82) is 0 Å². The fourth-order valence-electron chi connectivity index (χ4n) is 2.58. The molecule has 2 N–H and O–H groups in total. The van der Waals surface area contributed by atoms with Gasteiger partial charge in [-0.05, 0) is 24.5 Å². The van der Waals surface area contributed by atoms with Crippen molar-refractivity contribution in [3.63, 3.8) is 0 Å². The van der Waals surface area contributed by atoms with Gasteiger partial charge in [-0.3, -0.25) is 4.28 Å².